The number of alkyl halides is 3. The van der Waals surface area contributed by atoms with E-state index >= 15 is 0 Å². The van der Waals surface area contributed by atoms with E-state index in [1.807, 2.05) is 0 Å². The van der Waals surface area contributed by atoms with Crippen LogP contribution in [0.15, 0.2) is 12.3 Å². The Labute approximate surface area is 98.9 Å². The standard InChI is InChI=1S/C10H8F3N3O2/c1-5-8-6(10(11,12)13)2-3-14-9(8)16(15-5)4-7(17)18/h2-3H,4H2,1H3,(H,17,18). The molecule has 0 saturated heterocycles. The van der Waals surface area contributed by atoms with Gasteiger partial charge in [0.15, 0.2) is 5.65 Å². The zero-order valence-corrected chi connectivity index (χ0v) is 9.19. The normalized spacial score (nSPS) is 12.0. The monoisotopic (exact) mass is 259 g/mol. The highest BCUT2D eigenvalue weighted by molar-refractivity contribution is 5.83. The minimum absolute atomic E-state index is 0.0790. The smallest absolute Gasteiger partial charge is 0.417 e. The maximum atomic E-state index is 12.8. The minimum Gasteiger partial charge on any atom is -0.480 e. The van der Waals surface area contributed by atoms with E-state index in [0.717, 1.165) is 16.9 Å². The molecule has 5 nitrogen and oxygen atoms in total. The van der Waals surface area contributed by atoms with Crippen LogP contribution in [-0.4, -0.2) is 25.8 Å². The molecule has 18 heavy (non-hydrogen) atoms. The van der Waals surface area contributed by atoms with Crippen molar-refractivity contribution >= 4 is 17.0 Å². The van der Waals surface area contributed by atoms with E-state index in [2.05, 4.69) is 10.1 Å². The van der Waals surface area contributed by atoms with Gasteiger partial charge in [-0.15, -0.1) is 0 Å². The number of halogens is 3. The summed E-state index contributed by atoms with van der Waals surface area (Å²) >= 11 is 0. The van der Waals surface area contributed by atoms with Crippen molar-refractivity contribution in [1.82, 2.24) is 14.8 Å². The highest BCUT2D eigenvalue weighted by Crippen LogP contribution is 2.35. The molecular formula is C10H8F3N3O2. The van der Waals surface area contributed by atoms with E-state index < -0.39 is 24.3 Å². The summed E-state index contributed by atoms with van der Waals surface area (Å²) in [5.41, 5.74) is -0.835. The molecule has 0 aliphatic heterocycles. The van der Waals surface area contributed by atoms with Gasteiger partial charge in [-0.25, -0.2) is 9.67 Å². The molecule has 0 spiro atoms. The maximum Gasteiger partial charge on any atom is 0.417 e. The molecule has 0 unspecified atom stereocenters. The number of hydrogen-bond acceptors (Lipinski definition) is 3. The molecule has 0 saturated carbocycles. The van der Waals surface area contributed by atoms with Crippen molar-refractivity contribution in [2.75, 3.05) is 0 Å². The largest absolute Gasteiger partial charge is 0.480 e. The van der Waals surface area contributed by atoms with Crippen molar-refractivity contribution in [3.05, 3.63) is 23.5 Å². The summed E-state index contributed by atoms with van der Waals surface area (Å²) in [6.45, 7) is 0.857. The van der Waals surface area contributed by atoms with Gasteiger partial charge in [-0.3, -0.25) is 4.79 Å². The summed E-state index contributed by atoms with van der Waals surface area (Å²) in [6, 6.07) is 0.849. The Hall–Kier alpha value is -2.12. The number of pyridine rings is 1. The van der Waals surface area contributed by atoms with E-state index in [0.29, 0.717) is 0 Å². The van der Waals surface area contributed by atoms with E-state index in [-0.39, 0.29) is 16.7 Å². The number of rotatable bonds is 2. The first-order chi connectivity index (χ1) is 8.30. The molecule has 1 N–H and O–H groups in total. The molecule has 0 aromatic carbocycles. The van der Waals surface area contributed by atoms with Gasteiger partial charge in [0.05, 0.1) is 16.6 Å². The summed E-state index contributed by atoms with van der Waals surface area (Å²) in [5, 5.41) is 12.3. The summed E-state index contributed by atoms with van der Waals surface area (Å²) in [7, 11) is 0. The third kappa shape index (κ3) is 2.01. The lowest BCUT2D eigenvalue weighted by molar-refractivity contribution is -0.138. The molecule has 0 bridgehead atoms. The summed E-state index contributed by atoms with van der Waals surface area (Å²) in [4.78, 5) is 14.4. The second-order valence-corrected chi connectivity index (χ2v) is 3.69. The third-order valence-electron chi connectivity index (χ3n) is 2.40. The topological polar surface area (TPSA) is 68.0 Å². The lowest BCUT2D eigenvalue weighted by atomic mass is 10.1. The second-order valence-electron chi connectivity index (χ2n) is 3.69. The zero-order valence-electron chi connectivity index (χ0n) is 9.19. The summed E-state index contributed by atoms with van der Waals surface area (Å²) in [5.74, 6) is -1.20. The fourth-order valence-corrected chi connectivity index (χ4v) is 1.76. The number of fused-ring (bicyclic) bond motifs is 1. The van der Waals surface area contributed by atoms with Crippen LogP contribution < -0.4 is 0 Å². The zero-order chi connectivity index (χ0) is 13.5. The van der Waals surface area contributed by atoms with Crippen molar-refractivity contribution in [2.24, 2.45) is 0 Å². The van der Waals surface area contributed by atoms with Gasteiger partial charge in [-0.1, -0.05) is 0 Å². The van der Waals surface area contributed by atoms with Gasteiger partial charge in [0.2, 0.25) is 0 Å². The van der Waals surface area contributed by atoms with Gasteiger partial charge >= 0.3 is 12.1 Å². The van der Waals surface area contributed by atoms with Gasteiger partial charge in [0.25, 0.3) is 0 Å². The van der Waals surface area contributed by atoms with Crippen molar-refractivity contribution in [3.63, 3.8) is 0 Å². The molecule has 0 amide bonds. The molecule has 2 rings (SSSR count). The van der Waals surface area contributed by atoms with Crippen LogP contribution in [0.25, 0.3) is 11.0 Å². The molecule has 0 fully saturated rings. The molecule has 0 radical (unpaired) electrons. The number of carboxylic acid groups (broad SMARTS) is 1. The summed E-state index contributed by atoms with van der Waals surface area (Å²) in [6.07, 6.45) is -3.53. The average molecular weight is 259 g/mol. The maximum absolute atomic E-state index is 12.8. The number of aliphatic carboxylic acids is 1. The number of nitrogens with zero attached hydrogens (tertiary/aromatic N) is 3. The Morgan fingerprint density at radius 1 is 1.50 bits per heavy atom. The molecule has 96 valence electrons. The molecule has 2 aromatic rings. The number of carbonyl (C=O) groups is 1. The first kappa shape index (κ1) is 12.3. The highest BCUT2D eigenvalue weighted by Gasteiger charge is 2.34. The van der Waals surface area contributed by atoms with Gasteiger partial charge in [0, 0.05) is 6.20 Å². The molecule has 0 atom stereocenters. The van der Waals surface area contributed by atoms with Crippen LogP contribution in [-0.2, 0) is 17.5 Å². The molecule has 0 aliphatic carbocycles. The van der Waals surface area contributed by atoms with Crippen LogP contribution in [0, 0.1) is 6.92 Å². The third-order valence-corrected chi connectivity index (χ3v) is 2.40. The SMILES string of the molecule is Cc1nn(CC(=O)O)c2nccc(C(F)(F)F)c12. The van der Waals surface area contributed by atoms with Crippen LogP contribution >= 0.6 is 0 Å². The van der Waals surface area contributed by atoms with Gasteiger partial charge in [-0.2, -0.15) is 18.3 Å². The lowest BCUT2D eigenvalue weighted by Gasteiger charge is -2.07. The van der Waals surface area contributed by atoms with Gasteiger partial charge in [0.1, 0.15) is 6.54 Å². The van der Waals surface area contributed by atoms with E-state index in [1.165, 1.54) is 6.92 Å². The Kier molecular flexibility index (Phi) is 2.72. The Balaban J connectivity index is 2.72. The van der Waals surface area contributed by atoms with Crippen LogP contribution in [0.3, 0.4) is 0 Å². The van der Waals surface area contributed by atoms with E-state index in [9.17, 15) is 18.0 Å². The highest BCUT2D eigenvalue weighted by atomic mass is 19.4. The van der Waals surface area contributed by atoms with Crippen LogP contribution in [0.5, 0.6) is 0 Å². The molecule has 2 heterocycles. The van der Waals surface area contributed by atoms with Crippen molar-refractivity contribution in [3.8, 4) is 0 Å². The Morgan fingerprint density at radius 3 is 2.72 bits per heavy atom. The Bertz CT molecular complexity index is 619. The van der Waals surface area contributed by atoms with Crippen molar-refractivity contribution < 1.29 is 23.1 Å². The fraction of sp³-hybridized carbons (Fsp3) is 0.300. The van der Waals surface area contributed by atoms with Crippen molar-refractivity contribution in [2.45, 2.75) is 19.6 Å². The van der Waals surface area contributed by atoms with Crippen LogP contribution in [0.1, 0.15) is 11.3 Å². The number of carboxylic acids is 1. The minimum atomic E-state index is -4.52. The van der Waals surface area contributed by atoms with Gasteiger partial charge < -0.3 is 5.11 Å². The lowest BCUT2D eigenvalue weighted by Crippen LogP contribution is -2.11. The van der Waals surface area contributed by atoms with Crippen LogP contribution in [0.2, 0.25) is 0 Å². The van der Waals surface area contributed by atoms with E-state index in [4.69, 9.17) is 5.11 Å². The average Bonchev–Trinajstić information content (AvgIpc) is 2.54. The Morgan fingerprint density at radius 2 is 2.17 bits per heavy atom. The first-order valence-electron chi connectivity index (χ1n) is 4.92. The molecule has 0 aliphatic rings. The molecular weight excluding hydrogens is 251 g/mol. The van der Waals surface area contributed by atoms with E-state index in [1.54, 1.807) is 0 Å². The van der Waals surface area contributed by atoms with Crippen LogP contribution in [0.4, 0.5) is 13.2 Å². The predicted molar refractivity (Wildman–Crippen MR) is 54.9 cm³/mol. The fourth-order valence-electron chi connectivity index (χ4n) is 1.76. The first-order valence-corrected chi connectivity index (χ1v) is 4.92. The van der Waals surface area contributed by atoms with Gasteiger partial charge in [-0.05, 0) is 13.0 Å². The summed E-state index contributed by atoms with van der Waals surface area (Å²) < 4.78 is 39.3. The second kappa shape index (κ2) is 3.97. The number of aromatic nitrogens is 3. The molecule has 2 aromatic heterocycles. The number of hydrogen-bond donors (Lipinski definition) is 1. The predicted octanol–water partition coefficient (Wildman–Crippen LogP) is 1.84. The molecule has 8 heteroatoms. The quantitative estimate of drug-likeness (QED) is 0.893. The number of aryl methyl sites for hydroxylation is 1. The van der Waals surface area contributed by atoms with Crippen molar-refractivity contribution in [1.29, 1.82) is 0 Å².